The van der Waals surface area contributed by atoms with Gasteiger partial charge in [0.15, 0.2) is 0 Å². The molecule has 6 heterocycles. The van der Waals surface area contributed by atoms with Gasteiger partial charge in [-0.1, -0.05) is 49.4 Å². The van der Waals surface area contributed by atoms with Crippen molar-refractivity contribution in [2.75, 3.05) is 45.7 Å². The number of likely N-dealkylation sites (tertiary alicyclic amines) is 2. The second kappa shape index (κ2) is 80.4. The number of aliphatic imine (C=N–C) groups is 1. The number of carboxylic acid groups (broad SMARTS) is 1. The molecule has 5 fully saturated rings. The van der Waals surface area contributed by atoms with Crippen molar-refractivity contribution in [1.82, 2.24) is 25.8 Å². The van der Waals surface area contributed by atoms with Gasteiger partial charge in [-0.15, -0.1) is 0 Å². The van der Waals surface area contributed by atoms with E-state index in [1.54, 1.807) is 152 Å². The number of esters is 7. The third-order valence-corrected chi connectivity index (χ3v) is 17.4. The first-order valence-corrected chi connectivity index (χ1v) is 47.5. The maximum Gasteiger partial charge on any atom is 2.00 e. The smallest absolute Gasteiger partial charge is 1.00 e. The summed E-state index contributed by atoms with van der Waals surface area (Å²) in [6.45, 7) is 56.5. The van der Waals surface area contributed by atoms with Crippen molar-refractivity contribution in [3.05, 3.63) is 50.7 Å². The van der Waals surface area contributed by atoms with Crippen LogP contribution in [0.5, 0.6) is 0 Å². The summed E-state index contributed by atoms with van der Waals surface area (Å²) in [5, 5.41) is 16.3. The van der Waals surface area contributed by atoms with E-state index in [9.17, 15) is 99.5 Å². The second-order valence-corrected chi connectivity index (χ2v) is 39.0. The molecule has 49 heteroatoms. The van der Waals surface area contributed by atoms with Gasteiger partial charge in [0, 0.05) is 63.9 Å². The zero-order chi connectivity index (χ0) is 112. The Labute approximate surface area is 923 Å². The second-order valence-electron chi connectivity index (χ2n) is 38.8. The molecule has 7 rings (SSSR count). The Morgan fingerprint density at radius 2 is 0.866 bits per heavy atom. The molecule has 0 aromatic heterocycles. The summed E-state index contributed by atoms with van der Waals surface area (Å²) in [6, 6.07) is 8.01. The Bertz CT molecular complexity index is 4100. The van der Waals surface area contributed by atoms with Crippen molar-refractivity contribution < 1.29 is 223 Å². The summed E-state index contributed by atoms with van der Waals surface area (Å²) < 4.78 is 109. The van der Waals surface area contributed by atoms with Crippen LogP contribution in [-0.2, 0) is 165 Å². The predicted octanol–water partition coefficient (Wildman–Crippen LogP) is 14.2. The number of nitrogens with zero attached hydrogens (tertiary/aromatic N) is 3. The summed E-state index contributed by atoms with van der Waals surface area (Å²) in [5.41, 5.74) is -2.42. The van der Waals surface area contributed by atoms with Crippen LogP contribution >= 0.6 is 11.6 Å². The number of benzene rings is 1. The number of ketones is 1. The molecule has 862 valence electrons. The molecular formula is C100H168BrClF3MgN6O36Pd-. The molecule has 6 aliphatic heterocycles. The fourth-order valence-corrected chi connectivity index (χ4v) is 11.7. The van der Waals surface area contributed by atoms with Crippen LogP contribution in [0.25, 0.3) is 0 Å². The number of carbonyl (C=O) groups excluding carboxylic acids is 18. The topological polar surface area (TPSA) is 547 Å². The minimum Gasteiger partial charge on any atom is -1.00 e. The van der Waals surface area contributed by atoms with Gasteiger partial charge in [-0.3, -0.25) is 43.5 Å². The summed E-state index contributed by atoms with van der Waals surface area (Å²) >= 11 is 5.33. The molecule has 149 heavy (non-hydrogen) atoms. The van der Waals surface area contributed by atoms with Crippen LogP contribution < -0.4 is 32.9 Å². The van der Waals surface area contributed by atoms with E-state index in [1.807, 2.05) is 78.8 Å². The number of Topliss-reactive ketones (excluding diaryl/α,β-unsaturated/α-hetero) is 1. The van der Waals surface area contributed by atoms with Gasteiger partial charge in [0.25, 0.3) is 0 Å². The van der Waals surface area contributed by atoms with E-state index in [-0.39, 0.29) is 187 Å². The van der Waals surface area contributed by atoms with Gasteiger partial charge >= 0.3 is 114 Å². The van der Waals surface area contributed by atoms with Crippen molar-refractivity contribution >= 4 is 155 Å². The number of rotatable bonds is 21. The van der Waals surface area contributed by atoms with Gasteiger partial charge < -0.3 is 133 Å². The van der Waals surface area contributed by atoms with E-state index in [1.165, 1.54) is 11.8 Å². The first-order chi connectivity index (χ1) is 65.6. The number of amides is 5. The number of aldehydes is 1. The zero-order valence-corrected chi connectivity index (χ0v) is 97.7. The average molecular weight is 2330 g/mol. The fourth-order valence-electron chi connectivity index (χ4n) is 11.6. The maximum absolute atomic E-state index is 12.1. The van der Waals surface area contributed by atoms with Gasteiger partial charge in [0.05, 0.1) is 58.6 Å². The predicted molar refractivity (Wildman–Crippen MR) is 539 cm³/mol. The quantitative estimate of drug-likeness (QED) is 0.0169. The first kappa shape index (κ1) is 160. The molecule has 4 N–H and O–H groups in total. The molecule has 0 saturated carbocycles. The van der Waals surface area contributed by atoms with Crippen LogP contribution in [0, 0.1) is 20.8 Å². The van der Waals surface area contributed by atoms with Crippen LogP contribution in [0.1, 0.15) is 324 Å². The van der Waals surface area contributed by atoms with Crippen molar-refractivity contribution in [3.63, 3.8) is 0 Å². The zero-order valence-electron chi connectivity index (χ0n) is 92.4. The molecule has 9 unspecified atom stereocenters. The minimum absolute atomic E-state index is 0. The summed E-state index contributed by atoms with van der Waals surface area (Å²) in [4.78, 5) is 217. The minimum atomic E-state index is -4.64. The van der Waals surface area contributed by atoms with Crippen molar-refractivity contribution in [3.8, 4) is 0 Å². The molecule has 0 radical (unpaired) electrons. The van der Waals surface area contributed by atoms with Crippen LogP contribution in [0.2, 0.25) is 0 Å². The van der Waals surface area contributed by atoms with Crippen molar-refractivity contribution in [2.45, 2.75) is 419 Å². The Morgan fingerprint density at radius 3 is 1.19 bits per heavy atom. The Hall–Kier alpha value is -9.47. The largest absolute Gasteiger partial charge is 2.00 e. The standard InChI is InChI=1S/C14H24O5.C13H23NO4.C12H19NO5.2C10H18O5.C8H9ClO.C8H15NO2.C8H13NO2.C7H11NO3.C5H7NO3.C2HF3O.CH4.2CH3.BrH.Mg.Pd/c1-6-18-13(17)11(8-7-10(2)15)9-12(16)19-14(3,4)5;1-6-17-11(15)10-8-7-9(2)14(10)12(16)18-13(3,4)5;1-5-17-10(15)8-6-7-9(14)13(8)11(16)18-12(2,3)4;2*1-9(2,3)14-7(11)13-8(12)15-10(4,5)6;9-7-10-6-8-4-2-1-3-5-8;2*1-3-11-8(10)7-5-4-6(2)9-7;1-2-11-7(10)5-3-4-6(9)8-5;7-4-2-1-3(6-4)5(8)9;3-2(4,5)1-6;;;;;;/h11H,6-9H2,1-5H3;9-10H,6-8H2,1-5H3;8H,5-7H2,1-4H3;2*1-6H3;1-5H,6-7H2;6-7,9H,3-5H2,1-2H3;7H,3-5H2,1-2H3;5H,2-4H2,1H3,(H,8,9);3H,1-2H2,(H,6,7)(H,8,9);1H;1H4;2*1H3;1H;;/q;;;;;;;;;;;;2*-1;;+2;/p-1. The molecule has 0 spiro atoms. The average Bonchev–Trinajstić information content (AvgIpc) is 1.68. The molecule has 5 amide bonds. The van der Waals surface area contributed by atoms with Crippen LogP contribution in [-0.4, -0.2) is 297 Å². The van der Waals surface area contributed by atoms with E-state index < -0.39 is 148 Å². The third-order valence-electron chi connectivity index (χ3n) is 17.2. The Balaban J connectivity index is -0.000000179. The molecule has 6 aliphatic rings. The number of carbonyl (C=O) groups is 19. The number of hydrogen-bond acceptors (Lipinski definition) is 37. The number of imide groups is 1. The number of alkyl halides is 4. The SMILES string of the molecule is C.CC(C)(C)OC(=O)OC(=O)OC(C)(C)C.CC(C)(C)OC(=O)OC(=O)OC(C)(C)C.CCOC(=O)C(CCC(C)=O)CC(=O)OC(C)(C)C.CCOC(=O)C1CCC(=O)N1.CCOC(=O)C1CCC(=O)N1C(=O)OC(C)(C)C.CCOC(=O)C1CCC(C)=N1.CCOC(=O)C1CCC(C)N1.CCOC(=O)C1CCC(C)N1C(=O)OC(C)(C)C.ClCOCc1ccccc1.O=C1CCC(C(=O)O)N1.O=CC(F)(F)F.[Br-].[CH3-].[CH3-].[Mg+2].[Pd]. The molecule has 1 aromatic rings. The summed E-state index contributed by atoms with van der Waals surface area (Å²) in [5.74, 6) is -4.60. The molecule has 9 atom stereocenters. The third kappa shape index (κ3) is 85.8. The first-order valence-electron chi connectivity index (χ1n) is 46.9. The molecule has 0 bridgehead atoms. The van der Waals surface area contributed by atoms with Crippen molar-refractivity contribution in [2.24, 2.45) is 10.9 Å². The fraction of sp³-hybridized carbons (Fsp3) is 0.720. The van der Waals surface area contributed by atoms with Crippen LogP contribution in [0.4, 0.5) is 41.9 Å². The molecule has 0 aliphatic carbocycles. The number of halogens is 5. The van der Waals surface area contributed by atoms with E-state index in [0.717, 1.165) is 48.3 Å². The van der Waals surface area contributed by atoms with Gasteiger partial charge in [-0.25, -0.2) is 57.6 Å². The number of hydrogen-bond donors (Lipinski definition) is 4. The van der Waals surface area contributed by atoms with E-state index in [0.29, 0.717) is 77.6 Å². The van der Waals surface area contributed by atoms with E-state index in [4.69, 9.17) is 87.8 Å². The molecular weight excluding hydrogens is 2160 g/mol. The number of ether oxygens (including phenoxy) is 16. The van der Waals surface area contributed by atoms with E-state index in [2.05, 4.69) is 37.3 Å². The monoisotopic (exact) mass is 2330 g/mol. The van der Waals surface area contributed by atoms with Crippen LogP contribution in [0.15, 0.2) is 35.3 Å². The Morgan fingerprint density at radius 1 is 0.490 bits per heavy atom. The van der Waals surface area contributed by atoms with Gasteiger partial charge in [-0.05, 0) is 284 Å². The summed E-state index contributed by atoms with van der Waals surface area (Å²) in [7, 11) is 0. The van der Waals surface area contributed by atoms with Gasteiger partial charge in [0.2, 0.25) is 24.0 Å². The maximum atomic E-state index is 12.1. The number of nitrogens with one attached hydrogen (secondary N) is 3. The number of carboxylic acids is 1. The van der Waals surface area contributed by atoms with Crippen molar-refractivity contribution in [1.29, 1.82) is 0 Å². The molecule has 5 saturated heterocycles. The summed E-state index contributed by atoms with van der Waals surface area (Å²) in [6.07, 6.45) is -3.25. The normalized spacial score (nSPS) is 17.6. The van der Waals surface area contributed by atoms with E-state index >= 15 is 0 Å². The van der Waals surface area contributed by atoms with Gasteiger partial charge in [0.1, 0.15) is 87.3 Å². The number of aliphatic carboxylic acids is 1. The molecule has 1 aromatic carbocycles. The Kier molecular flexibility index (Phi) is 86.1. The van der Waals surface area contributed by atoms with Gasteiger partial charge in [-0.2, -0.15) is 13.2 Å². The molecule has 42 nitrogen and oxygen atoms in total. The van der Waals surface area contributed by atoms with Crippen LogP contribution in [0.3, 0.4) is 0 Å².